The zero-order valence-electron chi connectivity index (χ0n) is 29.8. The number of hydrogen-bond donors (Lipinski definition) is 0. The molecule has 0 saturated carbocycles. The molecule has 0 radical (unpaired) electrons. The van der Waals surface area contributed by atoms with Crippen LogP contribution in [0.1, 0.15) is 11.1 Å². The van der Waals surface area contributed by atoms with Gasteiger partial charge < -0.3 is 9.80 Å². The maximum atomic E-state index is 2.37. The molecular weight excluding hydrogens is 653 g/mol. The van der Waals surface area contributed by atoms with Crippen LogP contribution in [0.2, 0.25) is 0 Å². The molecule has 0 bridgehead atoms. The molecule has 0 aliphatic rings. The molecule has 9 rings (SSSR count). The summed E-state index contributed by atoms with van der Waals surface area (Å²) < 4.78 is 0. The predicted octanol–water partition coefficient (Wildman–Crippen LogP) is 14.8. The molecule has 9 aromatic rings. The second-order valence-electron chi connectivity index (χ2n) is 13.5. The van der Waals surface area contributed by atoms with Crippen molar-refractivity contribution in [2.24, 2.45) is 0 Å². The lowest BCUT2D eigenvalue weighted by molar-refractivity contribution is 1.28. The zero-order chi connectivity index (χ0) is 36.1. The Hall–Kier alpha value is -7.16. The Morgan fingerprint density at radius 2 is 0.722 bits per heavy atom. The van der Waals surface area contributed by atoms with Crippen molar-refractivity contribution in [1.29, 1.82) is 0 Å². The smallest absolute Gasteiger partial charge is 0.0540 e. The van der Waals surface area contributed by atoms with Gasteiger partial charge in [0.15, 0.2) is 0 Å². The van der Waals surface area contributed by atoms with Gasteiger partial charge in [-0.1, -0.05) is 164 Å². The first-order valence-corrected chi connectivity index (χ1v) is 18.4. The molecule has 0 aliphatic heterocycles. The van der Waals surface area contributed by atoms with Crippen molar-refractivity contribution >= 4 is 67.8 Å². The van der Waals surface area contributed by atoms with Crippen molar-refractivity contribution in [2.45, 2.75) is 0 Å². The van der Waals surface area contributed by atoms with Crippen LogP contribution in [0.25, 0.3) is 44.8 Å². The van der Waals surface area contributed by atoms with Crippen LogP contribution in [-0.4, -0.2) is 0 Å². The molecule has 0 aliphatic carbocycles. The van der Waals surface area contributed by atoms with Gasteiger partial charge >= 0.3 is 0 Å². The van der Waals surface area contributed by atoms with E-state index in [1.54, 1.807) is 0 Å². The highest BCUT2D eigenvalue weighted by Crippen LogP contribution is 2.40. The molecular formula is C52H38N2. The van der Waals surface area contributed by atoms with Gasteiger partial charge in [-0.3, -0.25) is 0 Å². The van der Waals surface area contributed by atoms with E-state index in [0.717, 1.165) is 45.3 Å². The monoisotopic (exact) mass is 690 g/mol. The van der Waals surface area contributed by atoms with Gasteiger partial charge in [0.2, 0.25) is 0 Å². The van der Waals surface area contributed by atoms with Gasteiger partial charge in [-0.2, -0.15) is 0 Å². The number of nitrogens with zero attached hydrogens (tertiary/aromatic N) is 2. The van der Waals surface area contributed by atoms with Crippen LogP contribution in [0.4, 0.5) is 34.1 Å². The molecule has 54 heavy (non-hydrogen) atoms. The van der Waals surface area contributed by atoms with Crippen molar-refractivity contribution in [3.8, 4) is 11.1 Å². The van der Waals surface area contributed by atoms with Crippen LogP contribution in [-0.2, 0) is 0 Å². The molecule has 0 aromatic heterocycles. The molecule has 0 N–H and O–H groups in total. The van der Waals surface area contributed by atoms with Crippen molar-refractivity contribution in [2.75, 3.05) is 9.80 Å². The van der Waals surface area contributed by atoms with E-state index in [4.69, 9.17) is 0 Å². The van der Waals surface area contributed by atoms with Gasteiger partial charge in [-0.05, 0) is 105 Å². The lowest BCUT2D eigenvalue weighted by Gasteiger charge is -2.27. The van der Waals surface area contributed by atoms with Crippen molar-refractivity contribution < 1.29 is 0 Å². The number of anilines is 6. The first-order valence-electron chi connectivity index (χ1n) is 18.4. The number of hydrogen-bond acceptors (Lipinski definition) is 2. The maximum absolute atomic E-state index is 2.37. The van der Waals surface area contributed by atoms with E-state index in [0.29, 0.717) is 0 Å². The minimum absolute atomic E-state index is 1.12. The third-order valence-corrected chi connectivity index (χ3v) is 10.0. The fraction of sp³-hybridized carbons (Fsp3) is 0. The highest BCUT2D eigenvalue weighted by atomic mass is 15.1. The predicted molar refractivity (Wildman–Crippen MR) is 232 cm³/mol. The second-order valence-corrected chi connectivity index (χ2v) is 13.5. The SMILES string of the molecule is C(=Cc1ccc(N(c2ccccc2)c2ccccc2)cc1)c1ccc(-c2ccc(N(c3ccc4ccccc4c3)c3cccc4ccccc34)cc2)cc1. The van der Waals surface area contributed by atoms with E-state index in [-0.39, 0.29) is 0 Å². The Bertz CT molecular complexity index is 2640. The first kappa shape index (κ1) is 32.7. The van der Waals surface area contributed by atoms with Crippen LogP contribution >= 0.6 is 0 Å². The third-order valence-electron chi connectivity index (χ3n) is 10.0. The summed E-state index contributed by atoms with van der Waals surface area (Å²) in [6.07, 6.45) is 4.36. The van der Waals surface area contributed by atoms with Gasteiger partial charge in [0.25, 0.3) is 0 Å². The molecule has 0 amide bonds. The third kappa shape index (κ3) is 6.77. The largest absolute Gasteiger partial charge is 0.311 e. The average Bonchev–Trinajstić information content (AvgIpc) is 3.25. The topological polar surface area (TPSA) is 6.48 Å². The number of benzene rings is 9. The van der Waals surface area contributed by atoms with E-state index in [2.05, 4.69) is 240 Å². The van der Waals surface area contributed by atoms with E-state index in [9.17, 15) is 0 Å². The zero-order valence-corrected chi connectivity index (χ0v) is 29.8. The van der Waals surface area contributed by atoms with Gasteiger partial charge in [0, 0.05) is 33.8 Å². The quantitative estimate of drug-likeness (QED) is 0.139. The van der Waals surface area contributed by atoms with Crippen LogP contribution in [0.15, 0.2) is 218 Å². The molecule has 256 valence electrons. The summed E-state index contributed by atoms with van der Waals surface area (Å²) in [4.78, 5) is 4.66. The summed E-state index contributed by atoms with van der Waals surface area (Å²) in [6, 6.07) is 77.9. The van der Waals surface area contributed by atoms with Gasteiger partial charge in [-0.15, -0.1) is 0 Å². The van der Waals surface area contributed by atoms with Crippen LogP contribution in [0.5, 0.6) is 0 Å². The molecule has 0 unspecified atom stereocenters. The summed E-state index contributed by atoms with van der Waals surface area (Å²) in [6.45, 7) is 0. The van der Waals surface area contributed by atoms with E-state index in [1.807, 2.05) is 0 Å². The molecule has 9 aromatic carbocycles. The molecule has 0 spiro atoms. The molecule has 0 fully saturated rings. The van der Waals surface area contributed by atoms with Gasteiger partial charge in [0.1, 0.15) is 0 Å². The molecule has 2 nitrogen and oxygen atoms in total. The summed E-state index contributed by atoms with van der Waals surface area (Å²) in [7, 11) is 0. The average molecular weight is 691 g/mol. The summed E-state index contributed by atoms with van der Waals surface area (Å²) in [5, 5.41) is 4.90. The Morgan fingerprint density at radius 3 is 1.37 bits per heavy atom. The Kier molecular flexibility index (Phi) is 8.99. The maximum Gasteiger partial charge on any atom is 0.0540 e. The van der Waals surface area contributed by atoms with E-state index in [1.165, 1.54) is 32.7 Å². The Morgan fingerprint density at radius 1 is 0.278 bits per heavy atom. The summed E-state index contributed by atoms with van der Waals surface area (Å²) >= 11 is 0. The van der Waals surface area contributed by atoms with E-state index >= 15 is 0 Å². The van der Waals surface area contributed by atoms with Crippen molar-refractivity contribution in [3.63, 3.8) is 0 Å². The number of para-hydroxylation sites is 2. The molecule has 0 heterocycles. The Balaban J connectivity index is 0.957. The number of fused-ring (bicyclic) bond motifs is 2. The van der Waals surface area contributed by atoms with Crippen molar-refractivity contribution in [3.05, 3.63) is 230 Å². The van der Waals surface area contributed by atoms with E-state index < -0.39 is 0 Å². The highest BCUT2D eigenvalue weighted by Gasteiger charge is 2.16. The fourth-order valence-electron chi connectivity index (χ4n) is 7.26. The normalized spacial score (nSPS) is 11.3. The fourth-order valence-corrected chi connectivity index (χ4v) is 7.26. The molecule has 0 atom stereocenters. The van der Waals surface area contributed by atoms with Crippen LogP contribution in [0.3, 0.4) is 0 Å². The van der Waals surface area contributed by atoms with Crippen LogP contribution in [0, 0.1) is 0 Å². The van der Waals surface area contributed by atoms with Gasteiger partial charge in [-0.25, -0.2) is 0 Å². The molecule has 2 heteroatoms. The second kappa shape index (κ2) is 14.8. The van der Waals surface area contributed by atoms with Gasteiger partial charge in [0.05, 0.1) is 5.69 Å². The minimum atomic E-state index is 1.12. The van der Waals surface area contributed by atoms with Crippen LogP contribution < -0.4 is 9.80 Å². The lowest BCUT2D eigenvalue weighted by Crippen LogP contribution is -2.10. The minimum Gasteiger partial charge on any atom is -0.311 e. The standard InChI is InChI=1S/C52H38N2/c1-3-16-46(17-4-1)53(47-18-5-2-6-19-47)48-33-26-40(27-34-48)23-22-39-24-28-42(29-25-39)43-30-35-49(36-31-43)54(50-37-32-41-12-7-8-14-45(41)38-50)52-21-11-15-44-13-9-10-20-51(44)52/h1-38H. The number of rotatable bonds is 9. The first-order chi connectivity index (χ1) is 26.8. The molecule has 0 saturated heterocycles. The van der Waals surface area contributed by atoms with Crippen molar-refractivity contribution in [1.82, 2.24) is 0 Å². The highest BCUT2D eigenvalue weighted by molar-refractivity contribution is 6.00. The summed E-state index contributed by atoms with van der Waals surface area (Å²) in [5.41, 5.74) is 11.5. The summed E-state index contributed by atoms with van der Waals surface area (Å²) in [5.74, 6) is 0. The Labute approximate surface area is 317 Å². The lowest BCUT2D eigenvalue weighted by atomic mass is 10.0.